The lowest BCUT2D eigenvalue weighted by molar-refractivity contribution is -0.148. The maximum atomic E-state index is 11.9. The van der Waals surface area contributed by atoms with Crippen LogP contribution in [0.15, 0.2) is 30.3 Å². The van der Waals surface area contributed by atoms with E-state index in [4.69, 9.17) is 16.3 Å². The second-order valence-electron chi connectivity index (χ2n) is 5.45. The molecule has 1 aromatic carbocycles. The summed E-state index contributed by atoms with van der Waals surface area (Å²) in [6.07, 6.45) is 3.44. The first kappa shape index (κ1) is 20.7. The monoisotopic (exact) mass is 367 g/mol. The molecule has 0 saturated carbocycles. The predicted molar refractivity (Wildman–Crippen MR) is 94.8 cm³/mol. The first-order valence-electron chi connectivity index (χ1n) is 7.85. The van der Waals surface area contributed by atoms with Gasteiger partial charge in [0.15, 0.2) is 6.61 Å². The van der Waals surface area contributed by atoms with E-state index in [0.29, 0.717) is 11.4 Å². The van der Waals surface area contributed by atoms with E-state index in [2.05, 4.69) is 10.1 Å². The fraction of sp³-hybridized carbons (Fsp3) is 0.389. The maximum absolute atomic E-state index is 11.9. The van der Waals surface area contributed by atoms with Crippen molar-refractivity contribution >= 4 is 35.5 Å². The summed E-state index contributed by atoms with van der Waals surface area (Å²) in [5.74, 6) is -1.86. The molecule has 2 atom stereocenters. The van der Waals surface area contributed by atoms with E-state index in [0.717, 1.165) is 5.56 Å². The van der Waals surface area contributed by atoms with Crippen LogP contribution in [0.3, 0.4) is 0 Å². The lowest BCUT2D eigenvalue weighted by Crippen LogP contribution is -2.47. The highest BCUT2D eigenvalue weighted by Gasteiger charge is 2.26. The third-order valence-corrected chi connectivity index (χ3v) is 3.86. The van der Waals surface area contributed by atoms with Crippen molar-refractivity contribution < 1.29 is 23.9 Å². The molecule has 1 N–H and O–H groups in total. The second kappa shape index (κ2) is 10.5. The van der Waals surface area contributed by atoms with Crippen molar-refractivity contribution in [3.63, 3.8) is 0 Å². The Labute approximate surface area is 152 Å². The first-order valence-corrected chi connectivity index (χ1v) is 8.22. The number of esters is 2. The highest BCUT2D eigenvalue weighted by atomic mass is 35.5. The lowest BCUT2D eigenvalue weighted by Gasteiger charge is -2.21. The van der Waals surface area contributed by atoms with E-state index in [1.54, 1.807) is 30.3 Å². The summed E-state index contributed by atoms with van der Waals surface area (Å²) in [5, 5.41) is 3.12. The van der Waals surface area contributed by atoms with E-state index in [9.17, 15) is 14.4 Å². The number of amides is 1. The average molecular weight is 368 g/mol. The summed E-state index contributed by atoms with van der Waals surface area (Å²) in [6, 6.07) is 6.10. The molecule has 0 aliphatic carbocycles. The second-order valence-corrected chi connectivity index (χ2v) is 5.88. The Balaban J connectivity index is 2.50. The van der Waals surface area contributed by atoms with Crippen LogP contribution in [0.25, 0.3) is 6.08 Å². The molecule has 1 amide bonds. The first-order chi connectivity index (χ1) is 11.9. The van der Waals surface area contributed by atoms with Gasteiger partial charge < -0.3 is 14.8 Å². The molecule has 0 saturated heterocycles. The van der Waals surface area contributed by atoms with Crippen molar-refractivity contribution in [2.75, 3.05) is 13.7 Å². The molecule has 0 radical (unpaired) electrons. The van der Waals surface area contributed by atoms with E-state index >= 15 is 0 Å². The molecule has 0 aromatic heterocycles. The number of benzene rings is 1. The Bertz CT molecular complexity index is 627. The number of rotatable bonds is 8. The molecule has 1 aromatic rings. The Morgan fingerprint density at radius 1 is 1.24 bits per heavy atom. The van der Waals surface area contributed by atoms with Crippen LogP contribution < -0.4 is 5.32 Å². The third-order valence-electron chi connectivity index (χ3n) is 3.61. The van der Waals surface area contributed by atoms with Crippen molar-refractivity contribution in [1.29, 1.82) is 0 Å². The molecule has 0 heterocycles. The molecule has 1 rings (SSSR count). The average Bonchev–Trinajstić information content (AvgIpc) is 2.62. The van der Waals surface area contributed by atoms with Crippen molar-refractivity contribution in [3.8, 4) is 0 Å². The SMILES string of the molecule is CC[C@H](C)[C@@H](NC(=O)COC(=O)/C=C/c1ccc(Cl)cc1)C(=O)OC. The van der Waals surface area contributed by atoms with Gasteiger partial charge in [-0.1, -0.05) is 44.0 Å². The summed E-state index contributed by atoms with van der Waals surface area (Å²) < 4.78 is 9.54. The highest BCUT2D eigenvalue weighted by Crippen LogP contribution is 2.11. The maximum Gasteiger partial charge on any atom is 0.331 e. The quantitative estimate of drug-likeness (QED) is 0.564. The summed E-state index contributed by atoms with van der Waals surface area (Å²) >= 11 is 5.77. The molecule has 0 bridgehead atoms. The van der Waals surface area contributed by atoms with Crippen molar-refractivity contribution in [2.45, 2.75) is 26.3 Å². The number of carbonyl (C=O) groups excluding carboxylic acids is 3. The Hall–Kier alpha value is -2.34. The number of methoxy groups -OCH3 is 1. The Morgan fingerprint density at radius 3 is 2.44 bits per heavy atom. The lowest BCUT2D eigenvalue weighted by atomic mass is 9.99. The molecule has 6 nitrogen and oxygen atoms in total. The van der Waals surface area contributed by atoms with Gasteiger partial charge in [0.05, 0.1) is 7.11 Å². The van der Waals surface area contributed by atoms with Crippen LogP contribution in [0.2, 0.25) is 5.02 Å². The summed E-state index contributed by atoms with van der Waals surface area (Å²) in [6.45, 7) is 3.24. The molecule has 136 valence electrons. The highest BCUT2D eigenvalue weighted by molar-refractivity contribution is 6.30. The zero-order valence-corrected chi connectivity index (χ0v) is 15.2. The van der Waals surface area contributed by atoms with Crippen LogP contribution in [0.4, 0.5) is 0 Å². The number of nitrogens with one attached hydrogen (secondary N) is 1. The fourth-order valence-corrected chi connectivity index (χ4v) is 2.06. The molecular formula is C18H22ClNO5. The van der Waals surface area contributed by atoms with E-state index in [1.807, 2.05) is 13.8 Å². The van der Waals surface area contributed by atoms with Gasteiger partial charge in [0.25, 0.3) is 5.91 Å². The third kappa shape index (κ3) is 7.39. The van der Waals surface area contributed by atoms with Crippen LogP contribution >= 0.6 is 11.6 Å². The Kier molecular flexibility index (Phi) is 8.70. The van der Waals surface area contributed by atoms with E-state index in [-0.39, 0.29) is 5.92 Å². The minimum atomic E-state index is -0.772. The van der Waals surface area contributed by atoms with Crippen LogP contribution in [-0.2, 0) is 23.9 Å². The van der Waals surface area contributed by atoms with Gasteiger partial charge in [0.2, 0.25) is 0 Å². The molecule has 0 aliphatic rings. The summed E-state index contributed by atoms with van der Waals surface area (Å²) in [4.78, 5) is 35.2. The predicted octanol–water partition coefficient (Wildman–Crippen LogP) is 2.60. The van der Waals surface area contributed by atoms with Crippen molar-refractivity contribution in [3.05, 3.63) is 40.9 Å². The van der Waals surface area contributed by atoms with E-state index < -0.39 is 30.5 Å². The van der Waals surface area contributed by atoms with Crippen LogP contribution in [0, 0.1) is 5.92 Å². The summed E-state index contributed by atoms with van der Waals surface area (Å²) in [5.41, 5.74) is 0.772. The van der Waals surface area contributed by atoms with Crippen LogP contribution in [0.1, 0.15) is 25.8 Å². The zero-order chi connectivity index (χ0) is 18.8. The molecule has 0 fully saturated rings. The van der Waals surface area contributed by atoms with Crippen LogP contribution in [-0.4, -0.2) is 37.6 Å². The van der Waals surface area contributed by atoms with E-state index in [1.165, 1.54) is 13.2 Å². The van der Waals surface area contributed by atoms with Gasteiger partial charge in [-0.2, -0.15) is 0 Å². The standard InChI is InChI=1S/C18H22ClNO5/c1-4-12(2)17(18(23)24-3)20-15(21)11-25-16(22)10-7-13-5-8-14(19)9-6-13/h5-10,12,17H,4,11H2,1-3H3,(H,20,21)/b10-7+/t12-,17+/m0/s1. The van der Waals surface area contributed by atoms with Gasteiger partial charge >= 0.3 is 11.9 Å². The largest absolute Gasteiger partial charge is 0.467 e. The summed E-state index contributed by atoms with van der Waals surface area (Å²) in [7, 11) is 1.26. The van der Waals surface area contributed by atoms with Gasteiger partial charge in [-0.3, -0.25) is 4.79 Å². The van der Waals surface area contributed by atoms with Gasteiger partial charge in [0.1, 0.15) is 6.04 Å². The minimum absolute atomic E-state index is 0.100. The number of carbonyl (C=O) groups is 3. The number of hydrogen-bond donors (Lipinski definition) is 1. The van der Waals surface area contributed by atoms with Gasteiger partial charge in [-0.05, 0) is 29.7 Å². The van der Waals surface area contributed by atoms with Crippen molar-refractivity contribution in [2.24, 2.45) is 5.92 Å². The molecule has 0 spiro atoms. The Morgan fingerprint density at radius 2 is 1.88 bits per heavy atom. The molecule has 25 heavy (non-hydrogen) atoms. The zero-order valence-electron chi connectivity index (χ0n) is 14.5. The normalized spacial score (nSPS) is 13.1. The number of hydrogen-bond acceptors (Lipinski definition) is 5. The van der Waals surface area contributed by atoms with Gasteiger partial charge in [-0.15, -0.1) is 0 Å². The minimum Gasteiger partial charge on any atom is -0.467 e. The number of halogens is 1. The topological polar surface area (TPSA) is 81.7 Å². The molecule has 0 unspecified atom stereocenters. The van der Waals surface area contributed by atoms with Gasteiger partial charge in [0, 0.05) is 11.1 Å². The fourth-order valence-electron chi connectivity index (χ4n) is 1.93. The molecular weight excluding hydrogens is 346 g/mol. The molecule has 0 aliphatic heterocycles. The van der Waals surface area contributed by atoms with Crippen molar-refractivity contribution in [1.82, 2.24) is 5.32 Å². The molecule has 7 heteroatoms. The smallest absolute Gasteiger partial charge is 0.331 e. The van der Waals surface area contributed by atoms with Gasteiger partial charge in [-0.25, -0.2) is 9.59 Å². The van der Waals surface area contributed by atoms with Crippen LogP contribution in [0.5, 0.6) is 0 Å². The number of ether oxygens (including phenoxy) is 2.